The van der Waals surface area contributed by atoms with Crippen LogP contribution in [0.15, 0.2) is 18.2 Å². The van der Waals surface area contributed by atoms with E-state index in [1.165, 1.54) is 37.8 Å². The lowest BCUT2D eigenvalue weighted by Crippen LogP contribution is -2.31. The standard InChI is InChI=1S/C17H25F2NO/c1-21-9-8-20-12-15(14-4-2-3-5-14)10-13-6-7-16(18)17(19)11-13/h6-7,11,14-15,20H,2-5,8-10,12H2,1H3. The molecule has 21 heavy (non-hydrogen) atoms. The average molecular weight is 297 g/mol. The molecule has 1 aliphatic carbocycles. The molecular weight excluding hydrogens is 272 g/mol. The van der Waals surface area contributed by atoms with Crippen LogP contribution in [0, 0.1) is 23.5 Å². The molecule has 4 heteroatoms. The zero-order valence-electron chi connectivity index (χ0n) is 12.7. The molecule has 0 amide bonds. The highest BCUT2D eigenvalue weighted by molar-refractivity contribution is 5.18. The first-order valence-electron chi connectivity index (χ1n) is 7.84. The molecule has 2 nitrogen and oxygen atoms in total. The van der Waals surface area contributed by atoms with Crippen molar-refractivity contribution in [2.75, 3.05) is 26.8 Å². The zero-order valence-corrected chi connectivity index (χ0v) is 12.7. The van der Waals surface area contributed by atoms with Crippen molar-refractivity contribution in [3.05, 3.63) is 35.4 Å². The van der Waals surface area contributed by atoms with Crippen molar-refractivity contribution in [1.29, 1.82) is 0 Å². The van der Waals surface area contributed by atoms with Crippen molar-refractivity contribution in [3.8, 4) is 0 Å². The van der Waals surface area contributed by atoms with E-state index in [2.05, 4.69) is 5.32 Å². The van der Waals surface area contributed by atoms with Crippen molar-refractivity contribution >= 4 is 0 Å². The van der Waals surface area contributed by atoms with E-state index in [0.717, 1.165) is 25.1 Å². The molecule has 1 unspecified atom stereocenters. The molecular formula is C17H25F2NO. The highest BCUT2D eigenvalue weighted by Crippen LogP contribution is 2.33. The number of methoxy groups -OCH3 is 1. The van der Waals surface area contributed by atoms with Gasteiger partial charge in [-0.1, -0.05) is 31.7 Å². The molecule has 2 rings (SSSR count). The van der Waals surface area contributed by atoms with Crippen LogP contribution >= 0.6 is 0 Å². The smallest absolute Gasteiger partial charge is 0.159 e. The Labute approximate surface area is 125 Å². The highest BCUT2D eigenvalue weighted by atomic mass is 19.2. The molecule has 1 N–H and O–H groups in total. The lowest BCUT2D eigenvalue weighted by atomic mass is 9.85. The summed E-state index contributed by atoms with van der Waals surface area (Å²) in [5.41, 5.74) is 0.888. The number of nitrogens with one attached hydrogen (secondary N) is 1. The third-order valence-electron chi connectivity index (χ3n) is 4.44. The fraction of sp³-hybridized carbons (Fsp3) is 0.647. The van der Waals surface area contributed by atoms with E-state index in [9.17, 15) is 8.78 Å². The van der Waals surface area contributed by atoms with Gasteiger partial charge in [0, 0.05) is 13.7 Å². The maximum Gasteiger partial charge on any atom is 0.159 e. The summed E-state index contributed by atoms with van der Waals surface area (Å²) in [5, 5.41) is 3.42. The van der Waals surface area contributed by atoms with Crippen LogP contribution in [0.3, 0.4) is 0 Å². The van der Waals surface area contributed by atoms with Crippen LogP contribution < -0.4 is 5.32 Å². The number of benzene rings is 1. The van der Waals surface area contributed by atoms with E-state index in [0.29, 0.717) is 18.4 Å². The van der Waals surface area contributed by atoms with Crippen molar-refractivity contribution < 1.29 is 13.5 Å². The minimum atomic E-state index is -0.769. The molecule has 1 aliphatic rings. The summed E-state index contributed by atoms with van der Waals surface area (Å²) in [6.07, 6.45) is 5.89. The lowest BCUT2D eigenvalue weighted by Gasteiger charge is -2.24. The summed E-state index contributed by atoms with van der Waals surface area (Å²) in [6, 6.07) is 4.27. The van der Waals surface area contributed by atoms with Gasteiger partial charge < -0.3 is 10.1 Å². The molecule has 0 bridgehead atoms. The molecule has 1 aromatic carbocycles. The Morgan fingerprint density at radius 2 is 2.00 bits per heavy atom. The van der Waals surface area contributed by atoms with Crippen LogP contribution in [-0.2, 0) is 11.2 Å². The van der Waals surface area contributed by atoms with Gasteiger partial charge in [0.1, 0.15) is 0 Å². The van der Waals surface area contributed by atoms with Gasteiger partial charge in [0.15, 0.2) is 11.6 Å². The monoisotopic (exact) mass is 297 g/mol. The topological polar surface area (TPSA) is 21.3 Å². The molecule has 0 radical (unpaired) electrons. The first-order valence-corrected chi connectivity index (χ1v) is 7.84. The Balaban J connectivity index is 1.95. The van der Waals surface area contributed by atoms with Gasteiger partial charge in [-0.3, -0.25) is 0 Å². The molecule has 1 atom stereocenters. The summed E-state index contributed by atoms with van der Waals surface area (Å²) >= 11 is 0. The molecule has 0 saturated heterocycles. The molecule has 0 aliphatic heterocycles. The first kappa shape index (κ1) is 16.4. The van der Waals surface area contributed by atoms with Gasteiger partial charge in [-0.15, -0.1) is 0 Å². The average Bonchev–Trinajstić information content (AvgIpc) is 3.00. The second-order valence-electron chi connectivity index (χ2n) is 5.95. The quantitative estimate of drug-likeness (QED) is 0.741. The Kier molecular flexibility index (Phi) is 6.58. The van der Waals surface area contributed by atoms with Crippen molar-refractivity contribution in [2.24, 2.45) is 11.8 Å². The van der Waals surface area contributed by atoms with Crippen LogP contribution in [0.2, 0.25) is 0 Å². The van der Waals surface area contributed by atoms with Crippen molar-refractivity contribution in [1.82, 2.24) is 5.32 Å². The van der Waals surface area contributed by atoms with Gasteiger partial charge in [-0.25, -0.2) is 8.78 Å². The molecule has 1 fully saturated rings. The Morgan fingerprint density at radius 3 is 2.67 bits per heavy atom. The second kappa shape index (κ2) is 8.44. The van der Waals surface area contributed by atoms with E-state index in [-0.39, 0.29) is 0 Å². The summed E-state index contributed by atoms with van der Waals surface area (Å²) < 4.78 is 31.4. The first-order chi connectivity index (χ1) is 10.2. The van der Waals surface area contributed by atoms with E-state index in [1.807, 2.05) is 0 Å². The molecule has 118 valence electrons. The third-order valence-corrected chi connectivity index (χ3v) is 4.44. The number of halogens is 2. The van der Waals surface area contributed by atoms with Crippen LogP contribution in [0.25, 0.3) is 0 Å². The molecule has 0 heterocycles. The molecule has 0 aromatic heterocycles. The van der Waals surface area contributed by atoms with Crippen molar-refractivity contribution in [3.63, 3.8) is 0 Å². The SMILES string of the molecule is COCCNCC(Cc1ccc(F)c(F)c1)C1CCCC1. The maximum absolute atomic E-state index is 13.4. The minimum Gasteiger partial charge on any atom is -0.383 e. The second-order valence-corrected chi connectivity index (χ2v) is 5.95. The van der Waals surface area contributed by atoms with Gasteiger partial charge in [-0.2, -0.15) is 0 Å². The fourth-order valence-corrected chi connectivity index (χ4v) is 3.27. The van der Waals surface area contributed by atoms with Gasteiger partial charge in [0.25, 0.3) is 0 Å². The van der Waals surface area contributed by atoms with Gasteiger partial charge in [-0.05, 0) is 42.5 Å². The normalized spacial score (nSPS) is 17.3. The van der Waals surface area contributed by atoms with Gasteiger partial charge >= 0.3 is 0 Å². The van der Waals surface area contributed by atoms with Gasteiger partial charge in [0.2, 0.25) is 0 Å². The van der Waals surface area contributed by atoms with E-state index in [4.69, 9.17) is 4.74 Å². The molecule has 0 spiro atoms. The Hall–Kier alpha value is -1.00. The zero-order chi connectivity index (χ0) is 15.1. The largest absolute Gasteiger partial charge is 0.383 e. The van der Waals surface area contributed by atoms with Crippen molar-refractivity contribution in [2.45, 2.75) is 32.1 Å². The third kappa shape index (κ3) is 5.04. The predicted molar refractivity (Wildman–Crippen MR) is 80.3 cm³/mol. The van der Waals surface area contributed by atoms with Gasteiger partial charge in [0.05, 0.1) is 6.61 Å². The molecule has 1 aromatic rings. The fourth-order valence-electron chi connectivity index (χ4n) is 3.27. The molecule has 1 saturated carbocycles. The lowest BCUT2D eigenvalue weighted by molar-refractivity contribution is 0.195. The number of hydrogen-bond acceptors (Lipinski definition) is 2. The maximum atomic E-state index is 13.4. The van der Waals surface area contributed by atoms with Crippen LogP contribution in [0.5, 0.6) is 0 Å². The summed E-state index contributed by atoms with van der Waals surface area (Å²) in [5.74, 6) is -0.346. The number of ether oxygens (including phenoxy) is 1. The number of hydrogen-bond donors (Lipinski definition) is 1. The predicted octanol–water partition coefficient (Wildman–Crippen LogP) is 3.55. The Morgan fingerprint density at radius 1 is 1.24 bits per heavy atom. The van der Waals surface area contributed by atoms with Crippen LogP contribution in [0.1, 0.15) is 31.2 Å². The van der Waals surface area contributed by atoms with E-state index >= 15 is 0 Å². The Bertz CT molecular complexity index is 433. The van der Waals surface area contributed by atoms with Crippen LogP contribution in [0.4, 0.5) is 8.78 Å². The number of rotatable bonds is 8. The van der Waals surface area contributed by atoms with Crippen LogP contribution in [-0.4, -0.2) is 26.8 Å². The minimum absolute atomic E-state index is 0.481. The summed E-state index contributed by atoms with van der Waals surface area (Å²) in [7, 11) is 1.69. The summed E-state index contributed by atoms with van der Waals surface area (Å²) in [6.45, 7) is 2.44. The van der Waals surface area contributed by atoms with E-state index in [1.54, 1.807) is 13.2 Å². The summed E-state index contributed by atoms with van der Waals surface area (Å²) in [4.78, 5) is 0. The highest BCUT2D eigenvalue weighted by Gasteiger charge is 2.25. The van der Waals surface area contributed by atoms with E-state index < -0.39 is 11.6 Å².